The molecule has 0 aromatic heterocycles. The van der Waals surface area contributed by atoms with Crippen LogP contribution in [0, 0.1) is 0 Å². The largest absolute Gasteiger partial charge is 0.463 e. The summed E-state index contributed by atoms with van der Waals surface area (Å²) in [6.45, 7) is 5.82. The maximum absolute atomic E-state index is 11.6. The monoisotopic (exact) mass is 289 g/mol. The Morgan fingerprint density at radius 2 is 2.10 bits per heavy atom. The normalized spacial score (nSPS) is 15.4. The van der Waals surface area contributed by atoms with Gasteiger partial charge in [-0.1, -0.05) is 31.5 Å². The van der Waals surface area contributed by atoms with Gasteiger partial charge in [-0.2, -0.15) is 0 Å². The van der Waals surface area contributed by atoms with Gasteiger partial charge in [0.1, 0.15) is 0 Å². The fourth-order valence-electron chi connectivity index (χ4n) is 2.24. The maximum atomic E-state index is 11.6. The van der Waals surface area contributed by atoms with Crippen molar-refractivity contribution in [2.24, 2.45) is 0 Å². The van der Waals surface area contributed by atoms with Crippen LogP contribution < -0.4 is 4.90 Å². The molecule has 0 N–H and O–H groups in total. The summed E-state index contributed by atoms with van der Waals surface area (Å²) in [5.41, 5.74) is 2.17. The van der Waals surface area contributed by atoms with E-state index >= 15 is 0 Å². The molecule has 1 saturated heterocycles. The van der Waals surface area contributed by atoms with Crippen molar-refractivity contribution in [2.75, 3.05) is 37.8 Å². The van der Waals surface area contributed by atoms with Crippen molar-refractivity contribution in [2.45, 2.75) is 19.8 Å². The second-order valence-corrected chi connectivity index (χ2v) is 5.01. The second kappa shape index (κ2) is 8.47. The van der Waals surface area contributed by atoms with Crippen LogP contribution in [0.5, 0.6) is 0 Å². The molecule has 0 spiro atoms. The molecule has 0 saturated carbocycles. The molecule has 1 aliphatic rings. The van der Waals surface area contributed by atoms with E-state index in [2.05, 4.69) is 17.9 Å². The first kappa shape index (κ1) is 15.6. The topological polar surface area (TPSA) is 38.8 Å². The van der Waals surface area contributed by atoms with Gasteiger partial charge in [0.25, 0.3) is 0 Å². The minimum Gasteiger partial charge on any atom is -0.463 e. The second-order valence-electron chi connectivity index (χ2n) is 5.01. The fraction of sp³-hybridized carbons (Fsp3) is 0.471. The average molecular weight is 289 g/mol. The van der Waals surface area contributed by atoms with Crippen LogP contribution in [0.2, 0.25) is 0 Å². The van der Waals surface area contributed by atoms with Crippen molar-refractivity contribution in [1.82, 2.24) is 0 Å². The molecule has 0 radical (unpaired) electrons. The van der Waals surface area contributed by atoms with Crippen molar-refractivity contribution in [3.63, 3.8) is 0 Å². The molecule has 1 fully saturated rings. The van der Waals surface area contributed by atoms with Crippen LogP contribution in [0.4, 0.5) is 5.69 Å². The first-order chi connectivity index (χ1) is 10.3. The number of morpholine rings is 1. The highest BCUT2D eigenvalue weighted by atomic mass is 16.5. The number of hydrogen-bond donors (Lipinski definition) is 0. The zero-order valence-corrected chi connectivity index (χ0v) is 12.6. The fourth-order valence-corrected chi connectivity index (χ4v) is 2.24. The SMILES string of the molecule is CCCCOC(=O)/C=C/c1ccccc1N1CCOCC1. The van der Waals surface area contributed by atoms with Crippen LogP contribution in [0.1, 0.15) is 25.3 Å². The summed E-state index contributed by atoms with van der Waals surface area (Å²) in [5, 5.41) is 0. The third-order valence-electron chi connectivity index (χ3n) is 3.43. The molecule has 1 aliphatic heterocycles. The number of unbranched alkanes of at least 4 members (excludes halogenated alkanes) is 1. The van der Waals surface area contributed by atoms with E-state index in [4.69, 9.17) is 9.47 Å². The molecular weight excluding hydrogens is 266 g/mol. The van der Waals surface area contributed by atoms with Gasteiger partial charge in [-0.05, 0) is 24.1 Å². The van der Waals surface area contributed by atoms with Crippen LogP contribution in [0.15, 0.2) is 30.3 Å². The molecule has 0 unspecified atom stereocenters. The number of hydrogen-bond acceptors (Lipinski definition) is 4. The van der Waals surface area contributed by atoms with Crippen molar-refractivity contribution in [3.8, 4) is 0 Å². The number of esters is 1. The number of anilines is 1. The van der Waals surface area contributed by atoms with Gasteiger partial charge in [0.15, 0.2) is 0 Å². The zero-order valence-electron chi connectivity index (χ0n) is 12.6. The van der Waals surface area contributed by atoms with Crippen LogP contribution in [0.3, 0.4) is 0 Å². The summed E-state index contributed by atoms with van der Waals surface area (Å²) in [7, 11) is 0. The van der Waals surface area contributed by atoms with E-state index < -0.39 is 0 Å². The van der Waals surface area contributed by atoms with Gasteiger partial charge >= 0.3 is 5.97 Å². The summed E-state index contributed by atoms with van der Waals surface area (Å²) in [6.07, 6.45) is 5.27. The smallest absolute Gasteiger partial charge is 0.330 e. The van der Waals surface area contributed by atoms with E-state index in [1.807, 2.05) is 24.3 Å². The number of ether oxygens (including phenoxy) is 2. The number of benzene rings is 1. The molecule has 0 aliphatic carbocycles. The molecular formula is C17H23NO3. The molecule has 4 heteroatoms. The van der Waals surface area contributed by atoms with Gasteiger partial charge in [-0.25, -0.2) is 4.79 Å². The molecule has 0 amide bonds. The van der Waals surface area contributed by atoms with E-state index in [1.54, 1.807) is 0 Å². The van der Waals surface area contributed by atoms with Crippen LogP contribution in [0.25, 0.3) is 6.08 Å². The molecule has 2 rings (SSSR count). The lowest BCUT2D eigenvalue weighted by atomic mass is 10.1. The zero-order chi connectivity index (χ0) is 14.9. The minimum absolute atomic E-state index is 0.278. The number of rotatable bonds is 6. The van der Waals surface area contributed by atoms with Crippen molar-refractivity contribution >= 4 is 17.7 Å². The Kier molecular flexibility index (Phi) is 6.28. The maximum Gasteiger partial charge on any atom is 0.330 e. The Hall–Kier alpha value is -1.81. The van der Waals surface area contributed by atoms with Gasteiger partial charge in [0.05, 0.1) is 19.8 Å². The Balaban J connectivity index is 2.00. The van der Waals surface area contributed by atoms with Crippen molar-refractivity contribution in [1.29, 1.82) is 0 Å². The summed E-state index contributed by atoms with van der Waals surface area (Å²) in [6, 6.07) is 8.09. The van der Waals surface area contributed by atoms with Gasteiger partial charge < -0.3 is 14.4 Å². The standard InChI is InChI=1S/C17H23NO3/c1-2-3-12-21-17(19)9-8-15-6-4-5-7-16(15)18-10-13-20-14-11-18/h4-9H,2-3,10-14H2,1H3/b9-8+. The molecule has 1 heterocycles. The van der Waals surface area contributed by atoms with E-state index in [-0.39, 0.29) is 5.97 Å². The summed E-state index contributed by atoms with van der Waals surface area (Å²) < 4.78 is 10.5. The van der Waals surface area contributed by atoms with E-state index in [0.717, 1.165) is 50.4 Å². The summed E-state index contributed by atoms with van der Waals surface area (Å²) in [5.74, 6) is -0.278. The lowest BCUT2D eigenvalue weighted by Crippen LogP contribution is -2.36. The summed E-state index contributed by atoms with van der Waals surface area (Å²) >= 11 is 0. The first-order valence-electron chi connectivity index (χ1n) is 7.58. The van der Waals surface area contributed by atoms with Gasteiger partial charge in [-0.15, -0.1) is 0 Å². The van der Waals surface area contributed by atoms with Crippen molar-refractivity contribution in [3.05, 3.63) is 35.9 Å². The van der Waals surface area contributed by atoms with E-state index in [9.17, 15) is 4.79 Å². The third-order valence-corrected chi connectivity index (χ3v) is 3.43. The molecule has 0 atom stereocenters. The molecule has 0 bridgehead atoms. The van der Waals surface area contributed by atoms with Gasteiger partial charge in [0.2, 0.25) is 0 Å². The molecule has 4 nitrogen and oxygen atoms in total. The number of carbonyl (C=O) groups excluding carboxylic acids is 1. The van der Waals surface area contributed by atoms with Crippen LogP contribution in [-0.2, 0) is 14.3 Å². The lowest BCUT2D eigenvalue weighted by molar-refractivity contribution is -0.137. The molecule has 114 valence electrons. The number of para-hydroxylation sites is 1. The highest BCUT2D eigenvalue weighted by Crippen LogP contribution is 2.22. The Labute approximate surface area is 126 Å². The number of carbonyl (C=O) groups is 1. The third kappa shape index (κ3) is 4.90. The Bertz CT molecular complexity index is 479. The van der Waals surface area contributed by atoms with Crippen molar-refractivity contribution < 1.29 is 14.3 Å². The predicted octanol–water partition coefficient (Wildman–Crippen LogP) is 2.88. The first-order valence-corrected chi connectivity index (χ1v) is 7.58. The van der Waals surface area contributed by atoms with Crippen LogP contribution >= 0.6 is 0 Å². The molecule has 1 aromatic carbocycles. The number of nitrogens with zero attached hydrogens (tertiary/aromatic N) is 1. The quantitative estimate of drug-likeness (QED) is 0.458. The highest BCUT2D eigenvalue weighted by Gasteiger charge is 2.13. The van der Waals surface area contributed by atoms with E-state index in [0.29, 0.717) is 6.61 Å². The van der Waals surface area contributed by atoms with Gasteiger partial charge in [0, 0.05) is 24.9 Å². The van der Waals surface area contributed by atoms with Crippen LogP contribution in [-0.4, -0.2) is 38.9 Å². The lowest BCUT2D eigenvalue weighted by Gasteiger charge is -2.30. The predicted molar refractivity (Wildman–Crippen MR) is 84.4 cm³/mol. The molecule has 21 heavy (non-hydrogen) atoms. The Morgan fingerprint density at radius 3 is 2.86 bits per heavy atom. The summed E-state index contributed by atoms with van der Waals surface area (Å²) in [4.78, 5) is 13.9. The van der Waals surface area contributed by atoms with E-state index in [1.165, 1.54) is 6.08 Å². The molecule has 1 aromatic rings. The van der Waals surface area contributed by atoms with Gasteiger partial charge in [-0.3, -0.25) is 0 Å². The average Bonchev–Trinajstić information content (AvgIpc) is 2.54. The highest BCUT2D eigenvalue weighted by molar-refractivity contribution is 5.88. The Morgan fingerprint density at radius 1 is 1.33 bits per heavy atom. The minimum atomic E-state index is -0.278.